The van der Waals surface area contributed by atoms with Crippen LogP contribution in [0.2, 0.25) is 0 Å². The molecule has 90 valence electrons. The summed E-state index contributed by atoms with van der Waals surface area (Å²) in [5.41, 5.74) is 1.13. The molecule has 6 heteroatoms. The van der Waals surface area contributed by atoms with E-state index in [1.807, 2.05) is 0 Å². The van der Waals surface area contributed by atoms with Crippen molar-refractivity contribution in [1.29, 1.82) is 5.26 Å². The SMILES string of the molecule is Cc1nn(CC2(CC#N)CC2)c(C)c1[N+](=O)[O-]. The van der Waals surface area contributed by atoms with Gasteiger partial charge in [-0.3, -0.25) is 14.8 Å². The molecule has 1 aliphatic rings. The molecule has 0 unspecified atom stereocenters. The Morgan fingerprint density at radius 3 is 2.65 bits per heavy atom. The first-order chi connectivity index (χ1) is 7.99. The van der Waals surface area contributed by atoms with Gasteiger partial charge in [0.1, 0.15) is 11.4 Å². The van der Waals surface area contributed by atoms with Crippen molar-refractivity contribution < 1.29 is 4.92 Å². The lowest BCUT2D eigenvalue weighted by molar-refractivity contribution is -0.386. The second-order valence-electron chi connectivity index (χ2n) is 4.77. The maximum absolute atomic E-state index is 10.9. The third kappa shape index (κ3) is 2.00. The van der Waals surface area contributed by atoms with E-state index in [0.29, 0.717) is 24.4 Å². The van der Waals surface area contributed by atoms with Gasteiger partial charge in [-0.2, -0.15) is 10.4 Å². The molecule has 6 nitrogen and oxygen atoms in total. The Hall–Kier alpha value is -1.90. The molecular formula is C11H14N4O2. The zero-order chi connectivity index (χ0) is 12.6. The molecule has 2 rings (SSSR count). The molecule has 1 fully saturated rings. The van der Waals surface area contributed by atoms with E-state index in [1.54, 1.807) is 18.5 Å². The van der Waals surface area contributed by atoms with Crippen molar-refractivity contribution in [3.8, 4) is 6.07 Å². The molecule has 0 aromatic carbocycles. The lowest BCUT2D eigenvalue weighted by Crippen LogP contribution is -2.13. The number of aryl methyl sites for hydroxylation is 1. The van der Waals surface area contributed by atoms with Crippen molar-refractivity contribution in [2.24, 2.45) is 5.41 Å². The van der Waals surface area contributed by atoms with Gasteiger partial charge in [-0.15, -0.1) is 0 Å². The van der Waals surface area contributed by atoms with Crippen LogP contribution in [0.5, 0.6) is 0 Å². The first-order valence-corrected chi connectivity index (χ1v) is 5.54. The Balaban J connectivity index is 2.27. The summed E-state index contributed by atoms with van der Waals surface area (Å²) in [6, 6.07) is 2.18. The first-order valence-electron chi connectivity index (χ1n) is 5.54. The monoisotopic (exact) mass is 234 g/mol. The standard InChI is InChI=1S/C11H14N4O2/c1-8-10(15(16)17)9(2)14(13-8)7-11(3-4-11)5-6-12/h3-5,7H2,1-2H3. The van der Waals surface area contributed by atoms with E-state index in [9.17, 15) is 10.1 Å². The highest BCUT2D eigenvalue weighted by Crippen LogP contribution is 2.50. The van der Waals surface area contributed by atoms with Crippen molar-refractivity contribution in [2.45, 2.75) is 39.7 Å². The zero-order valence-corrected chi connectivity index (χ0v) is 9.93. The summed E-state index contributed by atoms with van der Waals surface area (Å²) in [5, 5.41) is 23.8. The molecule has 0 saturated heterocycles. The van der Waals surface area contributed by atoms with Crippen LogP contribution in [-0.2, 0) is 6.54 Å². The lowest BCUT2D eigenvalue weighted by atomic mass is 10.0. The average molecular weight is 234 g/mol. The van der Waals surface area contributed by atoms with Gasteiger partial charge in [-0.1, -0.05) is 0 Å². The van der Waals surface area contributed by atoms with E-state index in [-0.39, 0.29) is 11.1 Å². The van der Waals surface area contributed by atoms with Crippen molar-refractivity contribution in [1.82, 2.24) is 9.78 Å². The lowest BCUT2D eigenvalue weighted by Gasteiger charge is -2.11. The normalized spacial score (nSPS) is 16.5. The quantitative estimate of drug-likeness (QED) is 0.589. The molecule has 1 heterocycles. The van der Waals surface area contributed by atoms with Gasteiger partial charge in [-0.05, 0) is 26.7 Å². The van der Waals surface area contributed by atoms with Crippen LogP contribution in [0.4, 0.5) is 5.69 Å². The Morgan fingerprint density at radius 1 is 1.59 bits per heavy atom. The molecule has 0 N–H and O–H groups in total. The molecule has 1 aliphatic carbocycles. The molecule has 0 spiro atoms. The zero-order valence-electron chi connectivity index (χ0n) is 9.93. The molecule has 1 aromatic heterocycles. The van der Waals surface area contributed by atoms with Crippen molar-refractivity contribution >= 4 is 5.69 Å². The summed E-state index contributed by atoms with van der Waals surface area (Å²) in [7, 11) is 0. The van der Waals surface area contributed by atoms with E-state index in [0.717, 1.165) is 12.8 Å². The van der Waals surface area contributed by atoms with Gasteiger partial charge >= 0.3 is 5.69 Å². The van der Waals surface area contributed by atoms with Crippen LogP contribution in [-0.4, -0.2) is 14.7 Å². The van der Waals surface area contributed by atoms with E-state index < -0.39 is 4.92 Å². The number of rotatable bonds is 4. The van der Waals surface area contributed by atoms with Crippen molar-refractivity contribution in [2.75, 3.05) is 0 Å². The number of hydrogen-bond donors (Lipinski definition) is 0. The molecule has 0 aliphatic heterocycles. The minimum absolute atomic E-state index is 0.00579. The van der Waals surface area contributed by atoms with E-state index in [2.05, 4.69) is 11.2 Å². The third-order valence-corrected chi connectivity index (χ3v) is 3.42. The minimum Gasteiger partial charge on any atom is -0.262 e. The summed E-state index contributed by atoms with van der Waals surface area (Å²) in [4.78, 5) is 10.5. The summed E-state index contributed by atoms with van der Waals surface area (Å²) < 4.78 is 1.68. The molecule has 0 amide bonds. The predicted molar refractivity (Wildman–Crippen MR) is 60.3 cm³/mol. The smallest absolute Gasteiger partial charge is 0.262 e. The van der Waals surface area contributed by atoms with E-state index in [4.69, 9.17) is 5.26 Å². The van der Waals surface area contributed by atoms with Gasteiger partial charge in [0.25, 0.3) is 0 Å². The van der Waals surface area contributed by atoms with Crippen LogP contribution in [0.1, 0.15) is 30.7 Å². The Morgan fingerprint density at radius 2 is 2.24 bits per heavy atom. The van der Waals surface area contributed by atoms with Crippen LogP contribution in [0.3, 0.4) is 0 Å². The van der Waals surface area contributed by atoms with Gasteiger partial charge in [0.15, 0.2) is 0 Å². The molecule has 17 heavy (non-hydrogen) atoms. The Labute approximate surface area is 99.0 Å². The highest BCUT2D eigenvalue weighted by atomic mass is 16.6. The number of aromatic nitrogens is 2. The van der Waals surface area contributed by atoms with Crippen LogP contribution in [0.25, 0.3) is 0 Å². The third-order valence-electron chi connectivity index (χ3n) is 3.42. The summed E-state index contributed by atoms with van der Waals surface area (Å²) in [6.45, 7) is 3.97. The van der Waals surface area contributed by atoms with Crippen LogP contribution >= 0.6 is 0 Å². The number of hydrogen-bond acceptors (Lipinski definition) is 4. The van der Waals surface area contributed by atoms with Gasteiger partial charge in [0.05, 0.1) is 11.0 Å². The first kappa shape index (κ1) is 11.6. The van der Waals surface area contributed by atoms with Gasteiger partial charge < -0.3 is 0 Å². The Kier molecular flexibility index (Phi) is 2.62. The van der Waals surface area contributed by atoms with Gasteiger partial charge in [0.2, 0.25) is 0 Å². The highest BCUT2D eigenvalue weighted by molar-refractivity contribution is 5.39. The second-order valence-corrected chi connectivity index (χ2v) is 4.77. The van der Waals surface area contributed by atoms with E-state index in [1.165, 1.54) is 0 Å². The van der Waals surface area contributed by atoms with E-state index >= 15 is 0 Å². The number of nitriles is 1. The maximum Gasteiger partial charge on any atom is 0.312 e. The predicted octanol–water partition coefficient (Wildman–Crippen LogP) is 2.10. The molecule has 0 radical (unpaired) electrons. The van der Waals surface area contributed by atoms with Crippen molar-refractivity contribution in [3.63, 3.8) is 0 Å². The van der Waals surface area contributed by atoms with Crippen LogP contribution in [0, 0.1) is 40.7 Å². The second kappa shape index (κ2) is 3.84. The highest BCUT2D eigenvalue weighted by Gasteiger charge is 2.43. The fourth-order valence-corrected chi connectivity index (χ4v) is 2.16. The summed E-state index contributed by atoms with van der Waals surface area (Å²) >= 11 is 0. The topological polar surface area (TPSA) is 84.8 Å². The molecule has 0 bridgehead atoms. The maximum atomic E-state index is 10.9. The van der Waals surface area contributed by atoms with Crippen molar-refractivity contribution in [3.05, 3.63) is 21.5 Å². The fourth-order valence-electron chi connectivity index (χ4n) is 2.16. The molecule has 0 atom stereocenters. The van der Waals surface area contributed by atoms with Crippen LogP contribution < -0.4 is 0 Å². The summed E-state index contributed by atoms with van der Waals surface area (Å²) in [5.74, 6) is 0. The fraction of sp³-hybridized carbons (Fsp3) is 0.636. The molecular weight excluding hydrogens is 220 g/mol. The van der Waals surface area contributed by atoms with Crippen LogP contribution in [0.15, 0.2) is 0 Å². The largest absolute Gasteiger partial charge is 0.312 e. The number of nitrogens with zero attached hydrogens (tertiary/aromatic N) is 4. The average Bonchev–Trinajstić information content (AvgIpc) is 2.90. The van der Waals surface area contributed by atoms with Gasteiger partial charge in [0, 0.05) is 18.4 Å². The Bertz CT molecular complexity index is 508. The minimum atomic E-state index is -0.391. The van der Waals surface area contributed by atoms with Gasteiger partial charge in [-0.25, -0.2) is 0 Å². The molecule has 1 aromatic rings. The number of nitro groups is 1. The summed E-state index contributed by atoms with van der Waals surface area (Å²) in [6.07, 6.45) is 2.51. The molecule has 1 saturated carbocycles.